The fourth-order valence-electron chi connectivity index (χ4n) is 3.04. The largest absolute Gasteiger partial charge is 0.353 e. The molecule has 2 aromatic rings. The van der Waals surface area contributed by atoms with E-state index in [-0.39, 0.29) is 24.4 Å². The molecule has 1 aliphatic rings. The van der Waals surface area contributed by atoms with E-state index in [1.54, 1.807) is 36.3 Å². The van der Waals surface area contributed by atoms with Crippen LogP contribution in [0.4, 0.5) is 15.0 Å². The number of nitrogens with one attached hydrogen (secondary N) is 1. The van der Waals surface area contributed by atoms with Gasteiger partial charge < -0.3 is 15.1 Å². The van der Waals surface area contributed by atoms with E-state index in [1.165, 1.54) is 6.07 Å². The van der Waals surface area contributed by atoms with E-state index in [9.17, 15) is 9.18 Å². The van der Waals surface area contributed by atoms with Gasteiger partial charge in [-0.05, 0) is 31.0 Å². The Morgan fingerprint density at radius 1 is 1.36 bits per heavy atom. The zero-order valence-corrected chi connectivity index (χ0v) is 14.2. The van der Waals surface area contributed by atoms with Gasteiger partial charge in [0.15, 0.2) is 5.82 Å². The molecule has 0 unspecified atom stereocenters. The number of amides is 2. The van der Waals surface area contributed by atoms with Gasteiger partial charge in [0.2, 0.25) is 0 Å². The van der Waals surface area contributed by atoms with Crippen molar-refractivity contribution in [1.82, 2.24) is 20.4 Å². The summed E-state index contributed by atoms with van der Waals surface area (Å²) >= 11 is 0. The third-order valence-corrected chi connectivity index (χ3v) is 4.53. The lowest BCUT2D eigenvalue weighted by atomic mass is 10.0. The Hall–Kier alpha value is -2.70. The van der Waals surface area contributed by atoms with Crippen molar-refractivity contribution in [1.29, 1.82) is 0 Å². The molecular formula is C18H22FN5O. The molecule has 1 aromatic heterocycles. The van der Waals surface area contributed by atoms with Gasteiger partial charge >= 0.3 is 6.03 Å². The van der Waals surface area contributed by atoms with Crippen LogP contribution in [-0.4, -0.2) is 47.3 Å². The highest BCUT2D eigenvalue weighted by Gasteiger charge is 2.26. The van der Waals surface area contributed by atoms with Crippen LogP contribution in [-0.2, 0) is 6.54 Å². The third kappa shape index (κ3) is 4.23. The molecule has 0 bridgehead atoms. The molecule has 0 radical (unpaired) electrons. The summed E-state index contributed by atoms with van der Waals surface area (Å²) in [6.07, 6.45) is 3.56. The van der Waals surface area contributed by atoms with E-state index in [1.807, 2.05) is 12.1 Å². The second-order valence-corrected chi connectivity index (χ2v) is 6.18. The van der Waals surface area contributed by atoms with Crippen LogP contribution in [0.5, 0.6) is 0 Å². The predicted molar refractivity (Wildman–Crippen MR) is 93.7 cm³/mol. The van der Waals surface area contributed by atoms with Crippen molar-refractivity contribution < 1.29 is 9.18 Å². The van der Waals surface area contributed by atoms with Gasteiger partial charge in [0.1, 0.15) is 5.82 Å². The number of halogens is 1. The number of aromatic nitrogens is 2. The highest BCUT2D eigenvalue weighted by atomic mass is 19.1. The number of nitrogens with zero attached hydrogens (tertiary/aromatic N) is 4. The van der Waals surface area contributed by atoms with Crippen LogP contribution in [0.2, 0.25) is 0 Å². The maximum absolute atomic E-state index is 13.7. The fraction of sp³-hybridized carbons (Fsp3) is 0.389. The van der Waals surface area contributed by atoms with Crippen molar-refractivity contribution in [2.24, 2.45) is 0 Å². The van der Waals surface area contributed by atoms with Gasteiger partial charge in [-0.15, -0.1) is 5.10 Å². The van der Waals surface area contributed by atoms with Crippen LogP contribution in [0.15, 0.2) is 42.6 Å². The summed E-state index contributed by atoms with van der Waals surface area (Å²) in [5.41, 5.74) is 0.481. The van der Waals surface area contributed by atoms with Crippen molar-refractivity contribution in [3.8, 4) is 0 Å². The quantitative estimate of drug-likeness (QED) is 0.926. The average molecular weight is 343 g/mol. The minimum atomic E-state index is -0.308. The van der Waals surface area contributed by atoms with Crippen molar-refractivity contribution in [3.63, 3.8) is 0 Å². The minimum Gasteiger partial charge on any atom is -0.353 e. The second-order valence-electron chi connectivity index (χ2n) is 6.18. The maximum atomic E-state index is 13.7. The van der Waals surface area contributed by atoms with Crippen molar-refractivity contribution in [3.05, 3.63) is 54.0 Å². The van der Waals surface area contributed by atoms with Crippen LogP contribution >= 0.6 is 0 Å². The first-order valence-electron chi connectivity index (χ1n) is 8.42. The minimum absolute atomic E-state index is 0.0800. The normalized spacial score (nSPS) is 17.2. The molecule has 2 heterocycles. The van der Waals surface area contributed by atoms with Gasteiger partial charge in [0.05, 0.1) is 6.04 Å². The molecule has 1 atom stereocenters. The number of likely N-dealkylation sites (N-methyl/N-ethyl adjacent to an activating group) is 1. The van der Waals surface area contributed by atoms with Gasteiger partial charge in [-0.1, -0.05) is 18.2 Å². The van der Waals surface area contributed by atoms with E-state index >= 15 is 0 Å². The van der Waals surface area contributed by atoms with Crippen LogP contribution in [0.3, 0.4) is 0 Å². The number of hydrogen-bond donors (Lipinski definition) is 1. The maximum Gasteiger partial charge on any atom is 0.317 e. The summed E-state index contributed by atoms with van der Waals surface area (Å²) < 4.78 is 13.7. The number of urea groups is 1. The van der Waals surface area contributed by atoms with E-state index in [2.05, 4.69) is 20.4 Å². The molecule has 0 spiro atoms. The lowest BCUT2D eigenvalue weighted by Crippen LogP contribution is -2.51. The van der Waals surface area contributed by atoms with E-state index in [4.69, 9.17) is 0 Å². The van der Waals surface area contributed by atoms with Crippen LogP contribution in [0, 0.1) is 5.82 Å². The van der Waals surface area contributed by atoms with Crippen LogP contribution < -0.4 is 10.2 Å². The van der Waals surface area contributed by atoms with Crippen LogP contribution in [0.1, 0.15) is 18.4 Å². The number of anilines is 1. The molecule has 25 heavy (non-hydrogen) atoms. The first-order chi connectivity index (χ1) is 12.1. The average Bonchev–Trinajstić information content (AvgIpc) is 2.67. The molecule has 0 aliphatic carbocycles. The second kappa shape index (κ2) is 7.92. The monoisotopic (exact) mass is 343 g/mol. The van der Waals surface area contributed by atoms with E-state index < -0.39 is 0 Å². The molecule has 1 aromatic carbocycles. The Labute approximate surface area is 146 Å². The first-order valence-corrected chi connectivity index (χ1v) is 8.42. The van der Waals surface area contributed by atoms with Gasteiger partial charge in [-0.25, -0.2) is 9.18 Å². The number of piperidine rings is 1. The van der Waals surface area contributed by atoms with Gasteiger partial charge in [0.25, 0.3) is 0 Å². The standard InChI is InChI=1S/C18H22FN5O/c1-23(18(25)20-12-14-6-2-3-8-16(14)19)15-7-5-11-24(13-15)17-9-4-10-21-22-17/h2-4,6,8-10,15H,5,7,11-13H2,1H3,(H,20,25)/t15-/m1/s1. The molecule has 1 N–H and O–H groups in total. The molecule has 0 saturated carbocycles. The Balaban J connectivity index is 1.57. The molecule has 1 fully saturated rings. The Morgan fingerprint density at radius 3 is 2.96 bits per heavy atom. The summed E-state index contributed by atoms with van der Waals surface area (Å²) in [6, 6.07) is 10.1. The molecular weight excluding hydrogens is 321 g/mol. The van der Waals surface area contributed by atoms with Gasteiger partial charge in [-0.2, -0.15) is 5.10 Å². The van der Waals surface area contributed by atoms with E-state index in [0.29, 0.717) is 12.1 Å². The molecule has 1 saturated heterocycles. The molecule has 3 rings (SSSR count). The lowest BCUT2D eigenvalue weighted by Gasteiger charge is -2.37. The topological polar surface area (TPSA) is 61.4 Å². The van der Waals surface area contributed by atoms with E-state index in [0.717, 1.165) is 25.2 Å². The number of hydrogen-bond acceptors (Lipinski definition) is 4. The Bertz CT molecular complexity index is 712. The highest BCUT2D eigenvalue weighted by Crippen LogP contribution is 2.19. The lowest BCUT2D eigenvalue weighted by molar-refractivity contribution is 0.182. The molecule has 6 nitrogen and oxygen atoms in total. The van der Waals surface area contributed by atoms with Crippen molar-refractivity contribution in [2.45, 2.75) is 25.4 Å². The Morgan fingerprint density at radius 2 is 2.20 bits per heavy atom. The fourth-order valence-corrected chi connectivity index (χ4v) is 3.04. The zero-order valence-electron chi connectivity index (χ0n) is 14.2. The van der Waals surface area contributed by atoms with Crippen LogP contribution in [0.25, 0.3) is 0 Å². The molecule has 1 aliphatic heterocycles. The Kier molecular flexibility index (Phi) is 5.42. The first kappa shape index (κ1) is 17.1. The summed E-state index contributed by atoms with van der Waals surface area (Å²) in [4.78, 5) is 16.3. The number of carbonyl (C=O) groups is 1. The highest BCUT2D eigenvalue weighted by molar-refractivity contribution is 5.74. The summed E-state index contributed by atoms with van der Waals surface area (Å²) in [5.74, 6) is 0.518. The summed E-state index contributed by atoms with van der Waals surface area (Å²) in [5, 5.41) is 10.8. The number of carbonyl (C=O) groups excluding carboxylic acids is 1. The third-order valence-electron chi connectivity index (χ3n) is 4.53. The van der Waals surface area contributed by atoms with Crippen molar-refractivity contribution in [2.75, 3.05) is 25.0 Å². The molecule has 2 amide bonds. The smallest absolute Gasteiger partial charge is 0.317 e. The summed E-state index contributed by atoms with van der Waals surface area (Å²) in [6.45, 7) is 1.79. The molecule has 132 valence electrons. The van der Waals surface area contributed by atoms with Gasteiger partial charge in [0, 0.05) is 38.4 Å². The zero-order chi connectivity index (χ0) is 17.6. The van der Waals surface area contributed by atoms with Gasteiger partial charge in [-0.3, -0.25) is 0 Å². The predicted octanol–water partition coefficient (Wildman–Crippen LogP) is 2.43. The number of rotatable bonds is 4. The number of benzene rings is 1. The SMILES string of the molecule is CN(C(=O)NCc1ccccc1F)[C@@H]1CCCN(c2cccnn2)C1. The summed E-state index contributed by atoms with van der Waals surface area (Å²) in [7, 11) is 1.78. The van der Waals surface area contributed by atoms with Crippen molar-refractivity contribution >= 4 is 11.8 Å². The molecule has 7 heteroatoms.